The van der Waals surface area contributed by atoms with E-state index in [9.17, 15) is 18.4 Å². The normalized spacial score (nSPS) is 17.7. The molecule has 2 aromatic carbocycles. The summed E-state index contributed by atoms with van der Waals surface area (Å²) in [5, 5.41) is 7.23. The lowest BCUT2D eigenvalue weighted by Crippen LogP contribution is -2.30. The summed E-state index contributed by atoms with van der Waals surface area (Å²) in [6, 6.07) is 9.93. The summed E-state index contributed by atoms with van der Waals surface area (Å²) in [5.74, 6) is -1.95. The fourth-order valence-corrected chi connectivity index (χ4v) is 4.89. The third-order valence-corrected chi connectivity index (χ3v) is 6.49. The van der Waals surface area contributed by atoms with Crippen molar-refractivity contribution in [3.05, 3.63) is 82.2 Å². The van der Waals surface area contributed by atoms with E-state index in [0.717, 1.165) is 43.8 Å². The van der Waals surface area contributed by atoms with Crippen LogP contribution in [0.5, 0.6) is 0 Å². The van der Waals surface area contributed by atoms with Gasteiger partial charge in [0.2, 0.25) is 0 Å². The first-order valence-corrected chi connectivity index (χ1v) is 11.6. The third kappa shape index (κ3) is 3.77. The van der Waals surface area contributed by atoms with Gasteiger partial charge in [-0.05, 0) is 67.1 Å². The number of aromatic amines is 1. The Balaban J connectivity index is 1.56. The molecule has 1 fully saturated rings. The smallest absolute Gasteiger partial charge is 0.277 e. The van der Waals surface area contributed by atoms with Crippen LogP contribution in [-0.2, 0) is 6.42 Å². The van der Waals surface area contributed by atoms with Crippen LogP contribution in [0.15, 0.2) is 42.5 Å². The molecule has 34 heavy (non-hydrogen) atoms. The molecule has 0 aliphatic carbocycles. The van der Waals surface area contributed by atoms with Crippen LogP contribution in [-0.4, -0.2) is 40.0 Å². The quantitative estimate of drug-likeness (QED) is 0.586. The van der Waals surface area contributed by atoms with Crippen molar-refractivity contribution in [2.45, 2.75) is 39.2 Å². The predicted octanol–water partition coefficient (Wildman–Crippen LogP) is 4.87. The summed E-state index contributed by atoms with van der Waals surface area (Å²) in [7, 11) is 0. The van der Waals surface area contributed by atoms with Crippen molar-refractivity contribution < 1.29 is 18.4 Å². The van der Waals surface area contributed by atoms with Gasteiger partial charge in [-0.1, -0.05) is 19.9 Å². The molecule has 2 aliphatic rings. The molecule has 0 spiro atoms. The molecule has 8 heteroatoms. The summed E-state index contributed by atoms with van der Waals surface area (Å²) < 4.78 is 27.9. The Morgan fingerprint density at radius 3 is 2.44 bits per heavy atom. The molecule has 0 saturated carbocycles. The lowest BCUT2D eigenvalue weighted by atomic mass is 9.95. The number of amides is 2. The summed E-state index contributed by atoms with van der Waals surface area (Å²) in [6.07, 6.45) is 2.65. The van der Waals surface area contributed by atoms with Crippen molar-refractivity contribution >= 4 is 17.5 Å². The number of likely N-dealkylation sites (tertiary alicyclic amines) is 1. The number of nitrogens with zero attached hydrogens (tertiary/aromatic N) is 3. The van der Waals surface area contributed by atoms with Crippen molar-refractivity contribution in [3.8, 4) is 0 Å². The van der Waals surface area contributed by atoms with Gasteiger partial charge < -0.3 is 4.90 Å². The highest BCUT2D eigenvalue weighted by atomic mass is 19.2. The molecule has 2 aliphatic heterocycles. The number of hydrogen-bond donors (Lipinski definition) is 1. The van der Waals surface area contributed by atoms with Crippen LogP contribution in [0.3, 0.4) is 0 Å². The van der Waals surface area contributed by atoms with Gasteiger partial charge in [0.1, 0.15) is 5.69 Å². The number of hydrogen-bond acceptors (Lipinski definition) is 3. The van der Waals surface area contributed by atoms with Gasteiger partial charge in [0, 0.05) is 29.9 Å². The lowest BCUT2D eigenvalue weighted by Gasteiger charge is -2.27. The first-order chi connectivity index (χ1) is 16.3. The van der Waals surface area contributed by atoms with Crippen molar-refractivity contribution in [3.63, 3.8) is 0 Å². The average molecular weight is 465 g/mol. The Labute approximate surface area is 196 Å². The Kier molecular flexibility index (Phi) is 5.67. The van der Waals surface area contributed by atoms with Gasteiger partial charge in [-0.3, -0.25) is 19.6 Å². The van der Waals surface area contributed by atoms with Crippen LogP contribution in [0.4, 0.5) is 14.5 Å². The molecule has 0 bridgehead atoms. The van der Waals surface area contributed by atoms with Crippen molar-refractivity contribution in [2.75, 3.05) is 18.0 Å². The Morgan fingerprint density at radius 2 is 1.79 bits per heavy atom. The molecule has 1 unspecified atom stereocenters. The van der Waals surface area contributed by atoms with E-state index in [1.807, 2.05) is 4.90 Å². The number of rotatable bonds is 5. The largest absolute Gasteiger partial charge is 0.339 e. The van der Waals surface area contributed by atoms with Crippen molar-refractivity contribution in [2.24, 2.45) is 5.92 Å². The number of halogens is 2. The molecule has 176 valence electrons. The summed E-state index contributed by atoms with van der Waals surface area (Å²) in [4.78, 5) is 29.6. The van der Waals surface area contributed by atoms with E-state index in [2.05, 4.69) is 24.0 Å². The number of H-pyrrole nitrogens is 1. The molecule has 1 N–H and O–H groups in total. The highest BCUT2D eigenvalue weighted by molar-refractivity contribution is 6.11. The number of fused-ring (bicyclic) bond motifs is 1. The number of carbonyl (C=O) groups excluding carboxylic acids is 2. The van der Waals surface area contributed by atoms with Gasteiger partial charge in [0.05, 0.1) is 11.7 Å². The van der Waals surface area contributed by atoms with Crippen LogP contribution < -0.4 is 4.90 Å². The second-order valence-corrected chi connectivity index (χ2v) is 9.35. The molecule has 3 heterocycles. The van der Waals surface area contributed by atoms with Gasteiger partial charge in [-0.25, -0.2) is 8.78 Å². The van der Waals surface area contributed by atoms with Crippen LogP contribution >= 0.6 is 0 Å². The zero-order valence-corrected chi connectivity index (χ0v) is 19.1. The van der Waals surface area contributed by atoms with E-state index in [4.69, 9.17) is 0 Å². The predicted molar refractivity (Wildman–Crippen MR) is 124 cm³/mol. The minimum atomic E-state index is -0.973. The fraction of sp³-hybridized carbons (Fsp3) is 0.346. The summed E-state index contributed by atoms with van der Waals surface area (Å²) in [5.41, 5.74) is 3.34. The SMILES string of the molecule is CC(C)Cc1n[nH]c2c1C(c1ccc(F)c(F)c1)N(c1ccc(C(=O)N3CCCC3)cc1)C2=O. The van der Waals surface area contributed by atoms with Gasteiger partial charge >= 0.3 is 0 Å². The van der Waals surface area contributed by atoms with Crippen molar-refractivity contribution in [1.82, 2.24) is 15.1 Å². The molecular weight excluding hydrogens is 438 g/mol. The molecule has 1 saturated heterocycles. The maximum atomic E-state index is 14.2. The van der Waals surface area contributed by atoms with Crippen molar-refractivity contribution in [1.29, 1.82) is 0 Å². The summed E-state index contributed by atoms with van der Waals surface area (Å²) in [6.45, 7) is 5.62. The van der Waals surface area contributed by atoms with E-state index in [1.54, 1.807) is 29.2 Å². The highest BCUT2D eigenvalue weighted by Crippen LogP contribution is 2.43. The minimum Gasteiger partial charge on any atom is -0.339 e. The van der Waals surface area contributed by atoms with Crippen LogP contribution in [0.1, 0.15) is 70.4 Å². The zero-order chi connectivity index (χ0) is 24.0. The average Bonchev–Trinajstić information content (AvgIpc) is 3.54. The highest BCUT2D eigenvalue weighted by Gasteiger charge is 2.43. The second-order valence-electron chi connectivity index (χ2n) is 9.35. The van der Waals surface area contributed by atoms with Crippen LogP contribution in [0.25, 0.3) is 0 Å². The van der Waals surface area contributed by atoms with E-state index in [-0.39, 0.29) is 17.7 Å². The number of nitrogens with one attached hydrogen (secondary N) is 1. The second kappa shape index (κ2) is 8.66. The van der Waals surface area contributed by atoms with Gasteiger partial charge in [0.25, 0.3) is 11.8 Å². The number of carbonyl (C=O) groups is 2. The third-order valence-electron chi connectivity index (χ3n) is 6.49. The van der Waals surface area contributed by atoms with Gasteiger partial charge in [0.15, 0.2) is 11.6 Å². The number of benzene rings is 2. The molecule has 5 rings (SSSR count). The van der Waals surface area contributed by atoms with Gasteiger partial charge in [-0.15, -0.1) is 0 Å². The molecular formula is C26H26F2N4O2. The van der Waals surface area contributed by atoms with E-state index < -0.39 is 17.7 Å². The maximum absolute atomic E-state index is 14.2. The molecule has 1 atom stereocenters. The topological polar surface area (TPSA) is 69.3 Å². The Bertz CT molecular complexity index is 1250. The number of aromatic nitrogens is 2. The number of anilines is 1. The first-order valence-electron chi connectivity index (χ1n) is 11.6. The minimum absolute atomic E-state index is 0.0254. The maximum Gasteiger partial charge on any atom is 0.277 e. The Hall–Kier alpha value is -3.55. The van der Waals surface area contributed by atoms with Gasteiger partial charge in [-0.2, -0.15) is 5.10 Å². The molecule has 0 radical (unpaired) electrons. The molecule has 2 amide bonds. The summed E-state index contributed by atoms with van der Waals surface area (Å²) >= 11 is 0. The fourth-order valence-electron chi connectivity index (χ4n) is 4.89. The zero-order valence-electron chi connectivity index (χ0n) is 19.1. The monoisotopic (exact) mass is 464 g/mol. The van der Waals surface area contributed by atoms with E-state index in [0.29, 0.717) is 34.5 Å². The van der Waals surface area contributed by atoms with Crippen LogP contribution in [0, 0.1) is 17.6 Å². The molecule has 6 nitrogen and oxygen atoms in total. The molecule has 3 aromatic rings. The Morgan fingerprint density at radius 1 is 1.09 bits per heavy atom. The lowest BCUT2D eigenvalue weighted by molar-refractivity contribution is 0.0792. The first kappa shape index (κ1) is 22.3. The van der Waals surface area contributed by atoms with Crippen LogP contribution in [0.2, 0.25) is 0 Å². The molecule has 1 aromatic heterocycles. The van der Waals surface area contributed by atoms with E-state index >= 15 is 0 Å². The van der Waals surface area contributed by atoms with E-state index in [1.165, 1.54) is 6.07 Å². The standard InChI is InChI=1S/C26H26F2N4O2/c1-15(2)13-21-22-23(30-29-21)26(34)32(24(22)17-7-10-19(27)20(28)14-17)18-8-5-16(6-9-18)25(33)31-11-3-4-12-31/h5-10,14-15,24H,3-4,11-13H2,1-2H3,(H,29,30).